The van der Waals surface area contributed by atoms with Crippen molar-refractivity contribution in [2.75, 3.05) is 25.0 Å². The van der Waals surface area contributed by atoms with Gasteiger partial charge in [-0.15, -0.1) is 0 Å². The van der Waals surface area contributed by atoms with E-state index in [2.05, 4.69) is 15.5 Å². The van der Waals surface area contributed by atoms with Gasteiger partial charge >= 0.3 is 0 Å². The highest BCUT2D eigenvalue weighted by atomic mass is 16.1. The van der Waals surface area contributed by atoms with Gasteiger partial charge in [0.2, 0.25) is 0 Å². The molecule has 2 aliphatic heterocycles. The molecule has 0 spiro atoms. The zero-order chi connectivity index (χ0) is 11.8. The van der Waals surface area contributed by atoms with Gasteiger partial charge in [0.1, 0.15) is 0 Å². The standard InChI is InChI=1S/C13H17N3O/c1-14-13(17)9-2-4-11(5-3-9)16-8-10-6-12(16)7-15-10/h2-5,10,12,15H,6-8H2,1H3,(H,14,17)/t10-,12-/m1/s1. The minimum Gasteiger partial charge on any atom is -0.366 e. The average Bonchev–Trinajstić information content (AvgIpc) is 3.00. The Kier molecular flexibility index (Phi) is 2.52. The SMILES string of the molecule is CNC(=O)c1ccc(N2C[C@H]3C[C@@H]2CN3)cc1. The first kappa shape index (κ1) is 10.6. The van der Waals surface area contributed by atoms with E-state index in [1.807, 2.05) is 24.3 Å². The molecule has 2 aliphatic rings. The molecule has 3 rings (SSSR count). The lowest BCUT2D eigenvalue weighted by Crippen LogP contribution is -2.43. The molecule has 0 aromatic heterocycles. The van der Waals surface area contributed by atoms with Crippen molar-refractivity contribution in [1.29, 1.82) is 0 Å². The maximum absolute atomic E-state index is 11.4. The Hall–Kier alpha value is -1.55. The van der Waals surface area contributed by atoms with Gasteiger partial charge in [-0.2, -0.15) is 0 Å². The van der Waals surface area contributed by atoms with Crippen LogP contribution in [-0.2, 0) is 0 Å². The average molecular weight is 231 g/mol. The maximum atomic E-state index is 11.4. The van der Waals surface area contributed by atoms with Gasteiger partial charge in [-0.25, -0.2) is 0 Å². The lowest BCUT2D eigenvalue weighted by Gasteiger charge is -2.29. The lowest BCUT2D eigenvalue weighted by molar-refractivity contribution is 0.0963. The molecular weight excluding hydrogens is 214 g/mol. The number of rotatable bonds is 2. The minimum absolute atomic E-state index is 0.0267. The number of amides is 1. The van der Waals surface area contributed by atoms with E-state index < -0.39 is 0 Å². The third kappa shape index (κ3) is 1.78. The molecule has 17 heavy (non-hydrogen) atoms. The van der Waals surface area contributed by atoms with Crippen molar-refractivity contribution in [1.82, 2.24) is 10.6 Å². The molecule has 2 N–H and O–H groups in total. The first-order valence-electron chi connectivity index (χ1n) is 6.10. The molecule has 0 radical (unpaired) electrons. The number of fused-ring (bicyclic) bond motifs is 2. The predicted octanol–water partition coefficient (Wildman–Crippen LogP) is 0.597. The van der Waals surface area contributed by atoms with Crippen molar-refractivity contribution in [3.8, 4) is 0 Å². The third-order valence-corrected chi connectivity index (χ3v) is 3.74. The van der Waals surface area contributed by atoms with Crippen LogP contribution < -0.4 is 15.5 Å². The van der Waals surface area contributed by atoms with Gasteiger partial charge in [-0.1, -0.05) is 0 Å². The van der Waals surface area contributed by atoms with Gasteiger partial charge in [-0.05, 0) is 30.7 Å². The van der Waals surface area contributed by atoms with Crippen LogP contribution in [0, 0.1) is 0 Å². The molecule has 0 unspecified atom stereocenters. The molecule has 1 amide bonds. The summed E-state index contributed by atoms with van der Waals surface area (Å²) in [5.74, 6) is -0.0267. The van der Waals surface area contributed by atoms with Crippen molar-refractivity contribution >= 4 is 11.6 Å². The molecule has 1 aromatic carbocycles. The van der Waals surface area contributed by atoms with Gasteiger partial charge in [0, 0.05) is 43.5 Å². The molecule has 4 heteroatoms. The highest BCUT2D eigenvalue weighted by Crippen LogP contribution is 2.29. The molecule has 2 atom stereocenters. The fourth-order valence-corrected chi connectivity index (χ4v) is 2.83. The van der Waals surface area contributed by atoms with Crippen LogP contribution in [0.5, 0.6) is 0 Å². The first-order valence-corrected chi connectivity index (χ1v) is 6.10. The Bertz CT molecular complexity index is 429. The van der Waals surface area contributed by atoms with Gasteiger partial charge in [0.05, 0.1) is 0 Å². The van der Waals surface area contributed by atoms with E-state index in [-0.39, 0.29) is 5.91 Å². The molecule has 0 saturated carbocycles. The maximum Gasteiger partial charge on any atom is 0.251 e. The van der Waals surface area contributed by atoms with E-state index in [0.29, 0.717) is 12.1 Å². The highest BCUT2D eigenvalue weighted by Gasteiger charge is 2.37. The molecule has 2 saturated heterocycles. The second-order valence-corrected chi connectivity index (χ2v) is 4.77. The summed E-state index contributed by atoms with van der Waals surface area (Å²) in [6, 6.07) is 9.17. The summed E-state index contributed by atoms with van der Waals surface area (Å²) in [4.78, 5) is 13.9. The summed E-state index contributed by atoms with van der Waals surface area (Å²) in [6.07, 6.45) is 1.25. The number of nitrogens with zero attached hydrogens (tertiary/aromatic N) is 1. The van der Waals surface area contributed by atoms with E-state index in [1.54, 1.807) is 7.05 Å². The number of benzene rings is 1. The zero-order valence-corrected chi connectivity index (χ0v) is 9.94. The second kappa shape index (κ2) is 4.04. The Labute approximate surface area is 101 Å². The largest absolute Gasteiger partial charge is 0.366 e. The van der Waals surface area contributed by atoms with E-state index in [1.165, 1.54) is 12.1 Å². The highest BCUT2D eigenvalue weighted by molar-refractivity contribution is 5.94. The summed E-state index contributed by atoms with van der Waals surface area (Å²) in [5, 5.41) is 6.12. The Morgan fingerprint density at radius 2 is 2.18 bits per heavy atom. The predicted molar refractivity (Wildman–Crippen MR) is 67.4 cm³/mol. The van der Waals surface area contributed by atoms with Gasteiger partial charge < -0.3 is 15.5 Å². The van der Waals surface area contributed by atoms with Crippen molar-refractivity contribution in [3.63, 3.8) is 0 Å². The van der Waals surface area contributed by atoms with Gasteiger partial charge in [0.25, 0.3) is 5.91 Å². The number of anilines is 1. The van der Waals surface area contributed by atoms with Crippen LogP contribution in [0.3, 0.4) is 0 Å². The quantitative estimate of drug-likeness (QED) is 0.783. The molecule has 2 bridgehead atoms. The van der Waals surface area contributed by atoms with Gasteiger partial charge in [-0.3, -0.25) is 4.79 Å². The summed E-state index contributed by atoms with van der Waals surface area (Å²) >= 11 is 0. The second-order valence-electron chi connectivity index (χ2n) is 4.77. The number of hydrogen-bond donors (Lipinski definition) is 2. The minimum atomic E-state index is -0.0267. The first-order chi connectivity index (χ1) is 8.28. The molecule has 2 fully saturated rings. The number of piperazine rings is 1. The number of nitrogens with one attached hydrogen (secondary N) is 2. The molecule has 0 aliphatic carbocycles. The van der Waals surface area contributed by atoms with E-state index in [9.17, 15) is 4.79 Å². The Balaban J connectivity index is 1.78. The molecular formula is C13H17N3O. The topological polar surface area (TPSA) is 44.4 Å². The van der Waals surface area contributed by atoms with Crippen LogP contribution in [0.4, 0.5) is 5.69 Å². The van der Waals surface area contributed by atoms with Crippen molar-refractivity contribution in [2.24, 2.45) is 0 Å². The van der Waals surface area contributed by atoms with Crippen LogP contribution >= 0.6 is 0 Å². The Morgan fingerprint density at radius 3 is 2.71 bits per heavy atom. The number of carbonyl (C=O) groups is 1. The third-order valence-electron chi connectivity index (χ3n) is 3.74. The van der Waals surface area contributed by atoms with Crippen molar-refractivity contribution in [3.05, 3.63) is 29.8 Å². The lowest BCUT2D eigenvalue weighted by atomic mass is 10.1. The summed E-state index contributed by atoms with van der Waals surface area (Å²) < 4.78 is 0. The summed E-state index contributed by atoms with van der Waals surface area (Å²) in [5.41, 5.74) is 1.95. The molecule has 4 nitrogen and oxygen atoms in total. The Morgan fingerprint density at radius 1 is 1.41 bits per heavy atom. The summed E-state index contributed by atoms with van der Waals surface area (Å²) in [7, 11) is 1.65. The zero-order valence-electron chi connectivity index (χ0n) is 9.94. The van der Waals surface area contributed by atoms with E-state index in [0.717, 1.165) is 18.7 Å². The van der Waals surface area contributed by atoms with Crippen LogP contribution in [0.2, 0.25) is 0 Å². The van der Waals surface area contributed by atoms with Gasteiger partial charge in [0.15, 0.2) is 0 Å². The number of carbonyl (C=O) groups excluding carboxylic acids is 1. The van der Waals surface area contributed by atoms with Crippen molar-refractivity contribution < 1.29 is 4.79 Å². The van der Waals surface area contributed by atoms with E-state index >= 15 is 0 Å². The van der Waals surface area contributed by atoms with Crippen molar-refractivity contribution in [2.45, 2.75) is 18.5 Å². The van der Waals surface area contributed by atoms with Crippen LogP contribution in [0.15, 0.2) is 24.3 Å². The molecule has 1 aromatic rings. The molecule has 90 valence electrons. The number of hydrogen-bond acceptors (Lipinski definition) is 3. The summed E-state index contributed by atoms with van der Waals surface area (Å²) in [6.45, 7) is 2.17. The van der Waals surface area contributed by atoms with Crippen LogP contribution in [-0.4, -0.2) is 38.1 Å². The monoisotopic (exact) mass is 231 g/mol. The fraction of sp³-hybridized carbons (Fsp3) is 0.462. The molecule has 2 heterocycles. The van der Waals surface area contributed by atoms with Crippen LogP contribution in [0.1, 0.15) is 16.8 Å². The fourth-order valence-electron chi connectivity index (χ4n) is 2.83. The van der Waals surface area contributed by atoms with Crippen LogP contribution in [0.25, 0.3) is 0 Å². The normalized spacial score (nSPS) is 26.3. The van der Waals surface area contributed by atoms with E-state index in [4.69, 9.17) is 0 Å². The smallest absolute Gasteiger partial charge is 0.251 e.